The maximum atomic E-state index is 13.2. The van der Waals surface area contributed by atoms with Crippen molar-refractivity contribution in [2.24, 2.45) is 0 Å². The van der Waals surface area contributed by atoms with Crippen LogP contribution < -0.4 is 10.6 Å². The van der Waals surface area contributed by atoms with E-state index >= 15 is 0 Å². The molecule has 2 N–H and O–H groups in total. The van der Waals surface area contributed by atoms with Crippen molar-refractivity contribution in [3.63, 3.8) is 0 Å². The predicted molar refractivity (Wildman–Crippen MR) is 84.7 cm³/mol. The van der Waals surface area contributed by atoms with Crippen LogP contribution in [0.5, 0.6) is 0 Å². The lowest BCUT2D eigenvalue weighted by molar-refractivity contribution is 0.244. The summed E-state index contributed by atoms with van der Waals surface area (Å²) in [7, 11) is 0. The van der Waals surface area contributed by atoms with Crippen LogP contribution in [0.2, 0.25) is 0 Å². The molecular formula is C16H19F2N5O. The maximum Gasteiger partial charge on any atom is 0.319 e. The molecule has 3 rings (SSSR count). The summed E-state index contributed by atoms with van der Waals surface area (Å²) < 4.78 is 28.1. The Kier molecular flexibility index (Phi) is 4.46. The van der Waals surface area contributed by atoms with Crippen molar-refractivity contribution in [3.8, 4) is 0 Å². The van der Waals surface area contributed by atoms with E-state index in [0.717, 1.165) is 36.6 Å². The first kappa shape index (κ1) is 16.4. The Bertz CT molecular complexity index is 759. The third-order valence-electron chi connectivity index (χ3n) is 4.00. The molecule has 1 aromatic carbocycles. The summed E-state index contributed by atoms with van der Waals surface area (Å²) in [5.41, 5.74) is 0.204. The van der Waals surface area contributed by atoms with Crippen molar-refractivity contribution < 1.29 is 13.6 Å². The average Bonchev–Trinajstić information content (AvgIpc) is 2.94. The molecule has 6 nitrogen and oxygen atoms in total. The smallest absolute Gasteiger partial charge is 0.319 e. The number of aryl methyl sites for hydroxylation is 1. The minimum Gasteiger partial charge on any atom is -0.333 e. The molecule has 8 heteroatoms. The lowest BCUT2D eigenvalue weighted by Crippen LogP contribution is -2.43. The molecular weight excluding hydrogens is 316 g/mol. The fraction of sp³-hybridized carbons (Fsp3) is 0.438. The van der Waals surface area contributed by atoms with Crippen LogP contribution in [0.3, 0.4) is 0 Å². The molecule has 0 bridgehead atoms. The second kappa shape index (κ2) is 6.54. The third-order valence-corrected chi connectivity index (χ3v) is 4.00. The number of nitrogens with zero attached hydrogens (tertiary/aromatic N) is 3. The molecule has 0 unspecified atom stereocenters. The summed E-state index contributed by atoms with van der Waals surface area (Å²) in [6, 6.07) is 2.71. The largest absolute Gasteiger partial charge is 0.333 e. The van der Waals surface area contributed by atoms with Gasteiger partial charge in [0, 0.05) is 36.7 Å². The van der Waals surface area contributed by atoms with Crippen molar-refractivity contribution in [1.82, 2.24) is 20.1 Å². The number of fused-ring (bicyclic) bond motifs is 1. The van der Waals surface area contributed by atoms with E-state index in [1.807, 2.05) is 18.4 Å². The van der Waals surface area contributed by atoms with Crippen LogP contribution in [0.1, 0.15) is 37.8 Å². The predicted octanol–water partition coefficient (Wildman–Crippen LogP) is 2.82. The second-order valence-electron chi connectivity index (χ2n) is 6.20. The molecule has 2 aromatic rings. The summed E-state index contributed by atoms with van der Waals surface area (Å²) in [5, 5.41) is 13.8. The Morgan fingerprint density at radius 1 is 1.29 bits per heavy atom. The van der Waals surface area contributed by atoms with E-state index in [9.17, 15) is 13.6 Å². The highest BCUT2D eigenvalue weighted by atomic mass is 19.2. The molecule has 1 aromatic heterocycles. The number of benzene rings is 1. The number of carbonyl (C=O) groups excluding carboxylic acids is 1. The van der Waals surface area contributed by atoms with Crippen molar-refractivity contribution in [2.75, 3.05) is 5.32 Å². The van der Waals surface area contributed by atoms with Crippen molar-refractivity contribution in [1.29, 1.82) is 0 Å². The van der Waals surface area contributed by atoms with Crippen molar-refractivity contribution in [3.05, 3.63) is 41.5 Å². The molecule has 2 heterocycles. The van der Waals surface area contributed by atoms with Gasteiger partial charge in [0.15, 0.2) is 11.6 Å². The Labute approximate surface area is 138 Å². The zero-order chi connectivity index (χ0) is 17.3. The van der Waals surface area contributed by atoms with E-state index in [1.54, 1.807) is 0 Å². The van der Waals surface area contributed by atoms with Crippen LogP contribution in [0, 0.1) is 11.6 Å². The van der Waals surface area contributed by atoms with E-state index in [-0.39, 0.29) is 17.6 Å². The molecule has 0 saturated carbocycles. The molecule has 2 amide bonds. The quantitative estimate of drug-likeness (QED) is 0.906. The van der Waals surface area contributed by atoms with Gasteiger partial charge in [0.2, 0.25) is 0 Å². The van der Waals surface area contributed by atoms with Gasteiger partial charge in [0.25, 0.3) is 0 Å². The van der Waals surface area contributed by atoms with Gasteiger partial charge in [-0.2, -0.15) is 0 Å². The number of aromatic nitrogens is 3. The van der Waals surface area contributed by atoms with Crippen LogP contribution in [-0.4, -0.2) is 26.8 Å². The van der Waals surface area contributed by atoms with Gasteiger partial charge >= 0.3 is 6.03 Å². The molecule has 0 aliphatic carbocycles. The van der Waals surface area contributed by atoms with Gasteiger partial charge < -0.3 is 15.2 Å². The standard InChI is InChI=1S/C16H19F2N5O/c1-9(2)15-22-21-14-6-4-11(8-23(14)15)20-16(24)19-10-3-5-12(17)13(18)7-10/h3,5,7,9,11H,4,6,8H2,1-2H3,(H2,19,20,24)/t11-/m0/s1. The molecule has 24 heavy (non-hydrogen) atoms. The van der Waals surface area contributed by atoms with Gasteiger partial charge in [-0.15, -0.1) is 10.2 Å². The third kappa shape index (κ3) is 3.37. The van der Waals surface area contributed by atoms with Gasteiger partial charge in [0.1, 0.15) is 11.6 Å². The highest BCUT2D eigenvalue weighted by molar-refractivity contribution is 5.89. The Morgan fingerprint density at radius 2 is 2.08 bits per heavy atom. The zero-order valence-corrected chi connectivity index (χ0v) is 13.5. The average molecular weight is 335 g/mol. The second-order valence-corrected chi connectivity index (χ2v) is 6.20. The minimum absolute atomic E-state index is 0.0729. The van der Waals surface area contributed by atoms with E-state index < -0.39 is 17.7 Å². The number of hydrogen-bond acceptors (Lipinski definition) is 3. The number of carbonyl (C=O) groups is 1. The first-order chi connectivity index (χ1) is 11.4. The fourth-order valence-corrected chi connectivity index (χ4v) is 2.82. The fourth-order valence-electron chi connectivity index (χ4n) is 2.82. The van der Waals surface area contributed by atoms with Crippen molar-refractivity contribution >= 4 is 11.7 Å². The van der Waals surface area contributed by atoms with E-state index in [1.165, 1.54) is 6.07 Å². The van der Waals surface area contributed by atoms with Gasteiger partial charge in [-0.25, -0.2) is 13.6 Å². The Balaban J connectivity index is 1.63. The first-order valence-electron chi connectivity index (χ1n) is 7.88. The van der Waals surface area contributed by atoms with Crippen LogP contribution in [0.15, 0.2) is 18.2 Å². The molecule has 0 fully saturated rings. The van der Waals surface area contributed by atoms with Crippen molar-refractivity contribution in [2.45, 2.75) is 45.2 Å². The topological polar surface area (TPSA) is 71.8 Å². The number of rotatable bonds is 3. The Hall–Kier alpha value is -2.51. The number of hydrogen-bond donors (Lipinski definition) is 2. The van der Waals surface area contributed by atoms with Gasteiger partial charge in [-0.1, -0.05) is 13.8 Å². The molecule has 0 spiro atoms. The van der Waals surface area contributed by atoms with Crippen LogP contribution >= 0.6 is 0 Å². The number of nitrogens with one attached hydrogen (secondary N) is 2. The van der Waals surface area contributed by atoms with Gasteiger partial charge in [-0.05, 0) is 18.6 Å². The lowest BCUT2D eigenvalue weighted by atomic mass is 10.1. The molecule has 128 valence electrons. The summed E-state index contributed by atoms with van der Waals surface area (Å²) in [6.07, 6.45) is 1.48. The van der Waals surface area contributed by atoms with Crippen LogP contribution in [-0.2, 0) is 13.0 Å². The highest BCUT2D eigenvalue weighted by Crippen LogP contribution is 2.20. The number of halogens is 2. The zero-order valence-electron chi connectivity index (χ0n) is 13.5. The Morgan fingerprint density at radius 3 is 2.79 bits per heavy atom. The minimum atomic E-state index is -0.999. The molecule has 0 saturated heterocycles. The summed E-state index contributed by atoms with van der Waals surface area (Å²) in [6.45, 7) is 4.69. The maximum absolute atomic E-state index is 13.2. The first-order valence-corrected chi connectivity index (χ1v) is 7.88. The van der Waals surface area contributed by atoms with E-state index in [0.29, 0.717) is 6.54 Å². The molecule has 1 aliphatic rings. The van der Waals surface area contributed by atoms with Crippen LogP contribution in [0.25, 0.3) is 0 Å². The van der Waals surface area contributed by atoms with Gasteiger partial charge in [-0.3, -0.25) is 0 Å². The van der Waals surface area contributed by atoms with E-state index in [4.69, 9.17) is 0 Å². The highest BCUT2D eigenvalue weighted by Gasteiger charge is 2.25. The monoisotopic (exact) mass is 335 g/mol. The van der Waals surface area contributed by atoms with E-state index in [2.05, 4.69) is 20.8 Å². The molecule has 1 atom stereocenters. The number of anilines is 1. The number of urea groups is 1. The SMILES string of the molecule is CC(C)c1nnc2n1C[C@@H](NC(=O)Nc1ccc(F)c(F)c1)CC2. The molecule has 1 aliphatic heterocycles. The summed E-state index contributed by atoms with van der Waals surface area (Å²) >= 11 is 0. The van der Waals surface area contributed by atoms with Crippen LogP contribution in [0.4, 0.5) is 19.3 Å². The summed E-state index contributed by atoms with van der Waals surface area (Å²) in [5.74, 6) is 0.132. The lowest BCUT2D eigenvalue weighted by Gasteiger charge is -2.26. The normalized spacial score (nSPS) is 16.8. The number of amides is 2. The molecule has 0 radical (unpaired) electrons. The summed E-state index contributed by atoms with van der Waals surface area (Å²) in [4.78, 5) is 12.1. The van der Waals surface area contributed by atoms with Gasteiger partial charge in [0.05, 0.1) is 0 Å².